The summed E-state index contributed by atoms with van der Waals surface area (Å²) in [5.41, 5.74) is 2.61. The summed E-state index contributed by atoms with van der Waals surface area (Å²) in [7, 11) is 0. The molecule has 0 saturated heterocycles. The molecule has 168 valence electrons. The molecule has 1 aromatic carbocycles. The van der Waals surface area contributed by atoms with Gasteiger partial charge >= 0.3 is 0 Å². The molecule has 3 aromatic rings. The first-order chi connectivity index (χ1) is 15.5. The molecule has 1 atom stereocenters. The van der Waals surface area contributed by atoms with Gasteiger partial charge in [0.25, 0.3) is 11.8 Å². The number of amides is 2. The van der Waals surface area contributed by atoms with E-state index in [-0.39, 0.29) is 29.7 Å². The molecule has 2 heterocycles. The van der Waals surface area contributed by atoms with Gasteiger partial charge in [-0.2, -0.15) is 5.10 Å². The number of aromatic amines is 1. The van der Waals surface area contributed by atoms with Crippen LogP contribution in [0.5, 0.6) is 0 Å². The van der Waals surface area contributed by atoms with Crippen LogP contribution in [0.15, 0.2) is 40.9 Å². The highest BCUT2D eigenvalue weighted by Gasteiger charge is 2.29. The van der Waals surface area contributed by atoms with Crippen LogP contribution in [0.2, 0.25) is 0 Å². The normalized spacial score (nSPS) is 14.4. The second-order valence-electron chi connectivity index (χ2n) is 8.36. The SMILES string of the molecule is CCC(CC)NC(=O)c1cnc(-c2cccc(-c3cc(C(=O)N[C@@H](C)C4CC4)[nH]n3)c2)o1. The lowest BCUT2D eigenvalue weighted by Gasteiger charge is -2.12. The Morgan fingerprint density at radius 2 is 1.88 bits per heavy atom. The van der Waals surface area contributed by atoms with E-state index in [0.717, 1.165) is 24.0 Å². The van der Waals surface area contributed by atoms with Crippen molar-refractivity contribution in [2.24, 2.45) is 5.92 Å². The quantitative estimate of drug-likeness (QED) is 0.467. The first-order valence-corrected chi connectivity index (χ1v) is 11.2. The average Bonchev–Trinajstić information content (AvgIpc) is 3.33. The molecule has 8 heteroatoms. The maximum absolute atomic E-state index is 12.5. The first-order valence-electron chi connectivity index (χ1n) is 11.2. The van der Waals surface area contributed by atoms with Crippen molar-refractivity contribution in [1.29, 1.82) is 0 Å². The number of aromatic nitrogens is 3. The zero-order valence-corrected chi connectivity index (χ0v) is 18.6. The standard InChI is InChI=1S/C24H29N5O3/c1-4-18(5-2)27-23(31)21-13-25-24(32-21)17-8-6-7-16(11-17)19-12-20(29-28-19)22(30)26-14(3)15-9-10-15/h6-8,11-15,18H,4-5,9-10H2,1-3H3,(H,26,30)(H,27,31)(H,28,29)/t14-/m0/s1. The fourth-order valence-corrected chi connectivity index (χ4v) is 3.66. The van der Waals surface area contributed by atoms with Gasteiger partial charge in [-0.15, -0.1) is 0 Å². The molecule has 1 saturated carbocycles. The van der Waals surface area contributed by atoms with E-state index in [1.54, 1.807) is 6.07 Å². The molecular formula is C24H29N5O3. The zero-order chi connectivity index (χ0) is 22.7. The molecule has 2 amide bonds. The molecule has 0 aliphatic heterocycles. The highest BCUT2D eigenvalue weighted by molar-refractivity contribution is 5.93. The van der Waals surface area contributed by atoms with E-state index in [1.165, 1.54) is 19.0 Å². The van der Waals surface area contributed by atoms with Gasteiger partial charge < -0.3 is 15.1 Å². The molecule has 1 fully saturated rings. The lowest BCUT2D eigenvalue weighted by Crippen LogP contribution is -2.34. The molecule has 32 heavy (non-hydrogen) atoms. The van der Waals surface area contributed by atoms with E-state index < -0.39 is 0 Å². The highest BCUT2D eigenvalue weighted by Crippen LogP contribution is 2.32. The minimum atomic E-state index is -0.267. The highest BCUT2D eigenvalue weighted by atomic mass is 16.4. The van der Waals surface area contributed by atoms with Gasteiger partial charge in [0.2, 0.25) is 11.7 Å². The Hall–Kier alpha value is -3.42. The van der Waals surface area contributed by atoms with Crippen molar-refractivity contribution in [3.8, 4) is 22.7 Å². The summed E-state index contributed by atoms with van der Waals surface area (Å²) in [5, 5.41) is 13.1. The minimum absolute atomic E-state index is 0.109. The monoisotopic (exact) mass is 435 g/mol. The Morgan fingerprint density at radius 3 is 2.59 bits per heavy atom. The van der Waals surface area contributed by atoms with Crippen molar-refractivity contribution in [2.75, 3.05) is 0 Å². The Labute approximate surface area is 187 Å². The maximum Gasteiger partial charge on any atom is 0.288 e. The molecule has 0 bridgehead atoms. The van der Waals surface area contributed by atoms with Crippen molar-refractivity contribution in [3.63, 3.8) is 0 Å². The molecule has 3 N–H and O–H groups in total. The zero-order valence-electron chi connectivity index (χ0n) is 18.6. The van der Waals surface area contributed by atoms with Crippen LogP contribution in [0, 0.1) is 5.92 Å². The molecule has 2 aromatic heterocycles. The number of nitrogens with one attached hydrogen (secondary N) is 3. The topological polar surface area (TPSA) is 113 Å². The van der Waals surface area contributed by atoms with E-state index in [9.17, 15) is 9.59 Å². The number of rotatable bonds is 9. The van der Waals surface area contributed by atoms with Crippen molar-refractivity contribution < 1.29 is 14.0 Å². The average molecular weight is 436 g/mol. The number of carbonyl (C=O) groups excluding carboxylic acids is 2. The van der Waals surface area contributed by atoms with Crippen LogP contribution in [-0.4, -0.2) is 39.1 Å². The van der Waals surface area contributed by atoms with Crippen LogP contribution in [-0.2, 0) is 0 Å². The summed E-state index contributed by atoms with van der Waals surface area (Å²) in [6, 6.07) is 9.50. The maximum atomic E-state index is 12.5. The molecule has 4 rings (SSSR count). The molecule has 1 aliphatic carbocycles. The van der Waals surface area contributed by atoms with Gasteiger partial charge in [0.05, 0.1) is 11.9 Å². The lowest BCUT2D eigenvalue weighted by molar-refractivity contribution is 0.0905. The van der Waals surface area contributed by atoms with E-state index >= 15 is 0 Å². The molecule has 1 aliphatic rings. The first kappa shape index (κ1) is 21.8. The Kier molecular flexibility index (Phi) is 6.39. The molecule has 8 nitrogen and oxygen atoms in total. The number of benzene rings is 1. The molecule has 0 radical (unpaired) electrons. The number of carbonyl (C=O) groups is 2. The third-order valence-electron chi connectivity index (χ3n) is 5.97. The van der Waals surface area contributed by atoms with Crippen LogP contribution in [0.4, 0.5) is 0 Å². The predicted octanol–water partition coefficient (Wildman–Crippen LogP) is 4.18. The lowest BCUT2D eigenvalue weighted by atomic mass is 10.1. The van der Waals surface area contributed by atoms with E-state index in [4.69, 9.17) is 4.42 Å². The summed E-state index contributed by atoms with van der Waals surface area (Å²) in [6.07, 6.45) is 5.50. The number of H-pyrrole nitrogens is 1. The second kappa shape index (κ2) is 9.38. The van der Waals surface area contributed by atoms with Gasteiger partial charge in [0.1, 0.15) is 5.69 Å². The van der Waals surface area contributed by atoms with Gasteiger partial charge in [0.15, 0.2) is 0 Å². The summed E-state index contributed by atoms with van der Waals surface area (Å²) < 4.78 is 5.71. The number of nitrogens with zero attached hydrogens (tertiary/aromatic N) is 2. The van der Waals surface area contributed by atoms with Crippen LogP contribution >= 0.6 is 0 Å². The van der Waals surface area contributed by atoms with Crippen LogP contribution < -0.4 is 10.6 Å². The van der Waals surface area contributed by atoms with Gasteiger partial charge in [-0.1, -0.05) is 26.0 Å². The molecule has 0 unspecified atom stereocenters. The van der Waals surface area contributed by atoms with Gasteiger partial charge in [-0.05, 0) is 56.7 Å². The molecular weight excluding hydrogens is 406 g/mol. The van der Waals surface area contributed by atoms with Crippen LogP contribution in [0.3, 0.4) is 0 Å². The van der Waals surface area contributed by atoms with Gasteiger partial charge in [-0.3, -0.25) is 14.7 Å². The fourth-order valence-electron chi connectivity index (χ4n) is 3.66. The Morgan fingerprint density at radius 1 is 1.12 bits per heavy atom. The second-order valence-corrected chi connectivity index (χ2v) is 8.36. The fraction of sp³-hybridized carbons (Fsp3) is 0.417. The number of oxazole rings is 1. The number of hydrogen-bond donors (Lipinski definition) is 3. The van der Waals surface area contributed by atoms with E-state index in [1.807, 2.05) is 45.0 Å². The van der Waals surface area contributed by atoms with Crippen molar-refractivity contribution >= 4 is 11.8 Å². The largest absolute Gasteiger partial charge is 0.431 e. The van der Waals surface area contributed by atoms with Crippen LogP contribution in [0.25, 0.3) is 22.7 Å². The van der Waals surface area contributed by atoms with Gasteiger partial charge in [0, 0.05) is 23.2 Å². The predicted molar refractivity (Wildman–Crippen MR) is 121 cm³/mol. The van der Waals surface area contributed by atoms with Crippen LogP contribution in [0.1, 0.15) is 67.5 Å². The Balaban J connectivity index is 1.47. The summed E-state index contributed by atoms with van der Waals surface area (Å²) >= 11 is 0. The van der Waals surface area contributed by atoms with Gasteiger partial charge in [-0.25, -0.2) is 4.98 Å². The van der Waals surface area contributed by atoms with Crippen molar-refractivity contribution in [2.45, 2.75) is 58.5 Å². The minimum Gasteiger partial charge on any atom is -0.431 e. The summed E-state index contributed by atoms with van der Waals surface area (Å²) in [6.45, 7) is 6.10. The third-order valence-corrected chi connectivity index (χ3v) is 5.97. The van der Waals surface area contributed by atoms with E-state index in [2.05, 4.69) is 25.8 Å². The summed E-state index contributed by atoms with van der Waals surface area (Å²) in [5.74, 6) is 0.701. The third kappa shape index (κ3) is 4.90. The number of hydrogen-bond acceptors (Lipinski definition) is 5. The smallest absolute Gasteiger partial charge is 0.288 e. The summed E-state index contributed by atoms with van der Waals surface area (Å²) in [4.78, 5) is 29.1. The van der Waals surface area contributed by atoms with Crippen molar-refractivity contribution in [1.82, 2.24) is 25.8 Å². The van der Waals surface area contributed by atoms with Crippen molar-refractivity contribution in [3.05, 3.63) is 48.0 Å². The van der Waals surface area contributed by atoms with E-state index in [0.29, 0.717) is 23.2 Å². The Bertz CT molecular complexity index is 1030. The molecule has 0 spiro atoms.